The van der Waals surface area contributed by atoms with Crippen LogP contribution in [-0.4, -0.2) is 39.1 Å². The molecule has 4 aromatic rings. The molecule has 1 aliphatic rings. The Morgan fingerprint density at radius 1 is 1.09 bits per heavy atom. The first-order valence-electron chi connectivity index (χ1n) is 11.1. The Bertz CT molecular complexity index is 1270. The molecule has 0 bridgehead atoms. The van der Waals surface area contributed by atoms with Crippen LogP contribution in [0.5, 0.6) is 5.75 Å². The van der Waals surface area contributed by atoms with Gasteiger partial charge in [0, 0.05) is 60.5 Å². The third kappa shape index (κ3) is 4.37. The fourth-order valence-electron chi connectivity index (χ4n) is 4.39. The number of rotatable bonds is 6. The number of para-hydroxylation sites is 1. The van der Waals surface area contributed by atoms with E-state index < -0.39 is 6.61 Å². The van der Waals surface area contributed by atoms with Gasteiger partial charge in [-0.2, -0.15) is 8.78 Å². The lowest BCUT2D eigenvalue weighted by Crippen LogP contribution is -2.21. The number of anilines is 1. The molecular formula is C25H25F2N5O. The number of halogens is 2. The minimum absolute atomic E-state index is 0.179. The SMILES string of the molecule is Cc1nc2ccc(-c3cnc(N4CCC(C)C4)nc3)cn2c1Cc1ccccc1OC(F)F. The highest BCUT2D eigenvalue weighted by molar-refractivity contribution is 5.64. The molecule has 0 amide bonds. The van der Waals surface area contributed by atoms with Gasteiger partial charge in [0.1, 0.15) is 11.4 Å². The number of hydrogen-bond acceptors (Lipinski definition) is 5. The maximum Gasteiger partial charge on any atom is 0.387 e. The zero-order valence-electron chi connectivity index (χ0n) is 18.6. The summed E-state index contributed by atoms with van der Waals surface area (Å²) in [5.41, 5.74) is 5.10. The Balaban J connectivity index is 1.46. The third-order valence-corrected chi connectivity index (χ3v) is 6.14. The molecule has 0 saturated carbocycles. The molecule has 1 saturated heterocycles. The molecule has 1 atom stereocenters. The third-order valence-electron chi connectivity index (χ3n) is 6.14. The molecule has 1 unspecified atom stereocenters. The molecule has 1 fully saturated rings. The van der Waals surface area contributed by atoms with E-state index in [0.717, 1.165) is 53.6 Å². The van der Waals surface area contributed by atoms with Gasteiger partial charge < -0.3 is 14.0 Å². The Hall–Kier alpha value is -3.55. The van der Waals surface area contributed by atoms with Gasteiger partial charge >= 0.3 is 6.61 Å². The Labute approximate surface area is 190 Å². The fraction of sp³-hybridized carbons (Fsp3) is 0.320. The van der Waals surface area contributed by atoms with Crippen LogP contribution in [0.15, 0.2) is 55.0 Å². The van der Waals surface area contributed by atoms with E-state index in [1.807, 2.05) is 48.1 Å². The number of alkyl halides is 2. The zero-order chi connectivity index (χ0) is 22.9. The second-order valence-electron chi connectivity index (χ2n) is 8.56. The standard InChI is InChI=1S/C25H25F2N5O/c1-16-9-10-31(14-16)25-28-12-20(13-29-25)19-7-8-23-30-17(2)21(32(23)15-19)11-18-5-3-4-6-22(18)33-24(26)27/h3-8,12-13,15-16,24H,9-11,14H2,1-2H3. The summed E-state index contributed by atoms with van der Waals surface area (Å²) >= 11 is 0. The van der Waals surface area contributed by atoms with E-state index in [9.17, 15) is 8.78 Å². The van der Waals surface area contributed by atoms with Crippen LogP contribution < -0.4 is 9.64 Å². The average molecular weight is 450 g/mol. The van der Waals surface area contributed by atoms with Gasteiger partial charge in [-0.25, -0.2) is 15.0 Å². The molecule has 3 aromatic heterocycles. The summed E-state index contributed by atoms with van der Waals surface area (Å²) in [6.07, 6.45) is 7.28. The van der Waals surface area contributed by atoms with E-state index in [-0.39, 0.29) is 5.75 Å². The smallest absolute Gasteiger partial charge is 0.387 e. The number of pyridine rings is 1. The molecule has 170 valence electrons. The van der Waals surface area contributed by atoms with Crippen molar-refractivity contribution in [2.75, 3.05) is 18.0 Å². The van der Waals surface area contributed by atoms with Crippen LogP contribution in [0.25, 0.3) is 16.8 Å². The minimum atomic E-state index is -2.87. The first-order valence-corrected chi connectivity index (χ1v) is 11.1. The minimum Gasteiger partial charge on any atom is -0.435 e. The molecule has 5 rings (SSSR count). The van der Waals surface area contributed by atoms with Gasteiger partial charge in [0.25, 0.3) is 0 Å². The molecule has 4 heterocycles. The van der Waals surface area contributed by atoms with Crippen molar-refractivity contribution in [1.82, 2.24) is 19.4 Å². The molecule has 8 heteroatoms. The van der Waals surface area contributed by atoms with Crippen LogP contribution in [0, 0.1) is 12.8 Å². The molecule has 1 aliphatic heterocycles. The van der Waals surface area contributed by atoms with Gasteiger partial charge in [-0.3, -0.25) is 0 Å². The van der Waals surface area contributed by atoms with E-state index in [0.29, 0.717) is 17.9 Å². The second-order valence-corrected chi connectivity index (χ2v) is 8.56. The highest BCUT2D eigenvalue weighted by atomic mass is 19.3. The quantitative estimate of drug-likeness (QED) is 0.408. The number of imidazole rings is 1. The van der Waals surface area contributed by atoms with Gasteiger partial charge in [-0.05, 0) is 37.5 Å². The lowest BCUT2D eigenvalue weighted by molar-refractivity contribution is -0.0503. The lowest BCUT2D eigenvalue weighted by atomic mass is 10.1. The molecular weight excluding hydrogens is 424 g/mol. The van der Waals surface area contributed by atoms with Gasteiger partial charge in [-0.15, -0.1) is 0 Å². The molecule has 0 N–H and O–H groups in total. The van der Waals surface area contributed by atoms with Crippen LogP contribution in [-0.2, 0) is 6.42 Å². The average Bonchev–Trinajstić information content (AvgIpc) is 3.37. The Kier molecular flexibility index (Phi) is 5.66. The molecule has 0 aliphatic carbocycles. The predicted octanol–water partition coefficient (Wildman–Crippen LogP) is 5.14. The highest BCUT2D eigenvalue weighted by Gasteiger charge is 2.21. The number of benzene rings is 1. The predicted molar refractivity (Wildman–Crippen MR) is 123 cm³/mol. The number of nitrogens with zero attached hydrogens (tertiary/aromatic N) is 5. The van der Waals surface area contributed by atoms with Crippen molar-refractivity contribution in [3.63, 3.8) is 0 Å². The van der Waals surface area contributed by atoms with Crippen molar-refractivity contribution in [2.24, 2.45) is 5.92 Å². The van der Waals surface area contributed by atoms with Crippen LogP contribution >= 0.6 is 0 Å². The van der Waals surface area contributed by atoms with E-state index >= 15 is 0 Å². The molecule has 6 nitrogen and oxygen atoms in total. The molecule has 0 spiro atoms. The van der Waals surface area contributed by atoms with Crippen molar-refractivity contribution in [1.29, 1.82) is 0 Å². The van der Waals surface area contributed by atoms with Crippen LogP contribution in [0.2, 0.25) is 0 Å². The monoisotopic (exact) mass is 449 g/mol. The lowest BCUT2D eigenvalue weighted by Gasteiger charge is -2.15. The summed E-state index contributed by atoms with van der Waals surface area (Å²) in [6, 6.07) is 10.8. The number of aryl methyl sites for hydroxylation is 1. The number of fused-ring (bicyclic) bond motifs is 1. The van der Waals surface area contributed by atoms with Crippen LogP contribution in [0.1, 0.15) is 30.3 Å². The zero-order valence-corrected chi connectivity index (χ0v) is 18.6. The van der Waals surface area contributed by atoms with Crippen molar-refractivity contribution in [3.8, 4) is 16.9 Å². The van der Waals surface area contributed by atoms with Crippen LogP contribution in [0.3, 0.4) is 0 Å². The summed E-state index contributed by atoms with van der Waals surface area (Å²) in [5.74, 6) is 1.60. The molecule has 1 aromatic carbocycles. The normalized spacial score (nSPS) is 16.2. The topological polar surface area (TPSA) is 55.6 Å². The summed E-state index contributed by atoms with van der Waals surface area (Å²) in [4.78, 5) is 16.0. The van der Waals surface area contributed by atoms with Crippen LogP contribution in [0.4, 0.5) is 14.7 Å². The number of hydrogen-bond donors (Lipinski definition) is 0. The highest BCUT2D eigenvalue weighted by Crippen LogP contribution is 2.27. The van der Waals surface area contributed by atoms with Crippen molar-refractivity contribution < 1.29 is 13.5 Å². The number of aromatic nitrogens is 4. The van der Waals surface area contributed by atoms with Crippen molar-refractivity contribution in [2.45, 2.75) is 33.3 Å². The summed E-state index contributed by atoms with van der Waals surface area (Å²) < 4.78 is 32.4. The number of ether oxygens (including phenoxy) is 1. The summed E-state index contributed by atoms with van der Waals surface area (Å²) in [6.45, 7) is 3.27. The van der Waals surface area contributed by atoms with Gasteiger partial charge in [0.2, 0.25) is 5.95 Å². The first kappa shape index (κ1) is 21.3. The maximum absolute atomic E-state index is 12.8. The van der Waals surface area contributed by atoms with Crippen molar-refractivity contribution >= 4 is 11.6 Å². The van der Waals surface area contributed by atoms with Crippen molar-refractivity contribution in [3.05, 3.63) is 71.9 Å². The summed E-state index contributed by atoms with van der Waals surface area (Å²) in [7, 11) is 0. The fourth-order valence-corrected chi connectivity index (χ4v) is 4.39. The van der Waals surface area contributed by atoms with E-state index in [2.05, 4.69) is 26.8 Å². The summed E-state index contributed by atoms with van der Waals surface area (Å²) in [5, 5.41) is 0. The van der Waals surface area contributed by atoms with E-state index in [4.69, 9.17) is 4.74 Å². The molecule has 33 heavy (non-hydrogen) atoms. The Morgan fingerprint density at radius 3 is 2.61 bits per heavy atom. The molecule has 0 radical (unpaired) electrons. The second kappa shape index (κ2) is 8.77. The largest absolute Gasteiger partial charge is 0.435 e. The van der Waals surface area contributed by atoms with E-state index in [1.165, 1.54) is 0 Å². The maximum atomic E-state index is 12.8. The van der Waals surface area contributed by atoms with Gasteiger partial charge in [0.05, 0.1) is 5.69 Å². The van der Waals surface area contributed by atoms with Gasteiger partial charge in [-0.1, -0.05) is 25.1 Å². The van der Waals surface area contributed by atoms with Gasteiger partial charge in [0.15, 0.2) is 0 Å². The first-order chi connectivity index (χ1) is 16.0. The Morgan fingerprint density at radius 2 is 1.88 bits per heavy atom. The van der Waals surface area contributed by atoms with E-state index in [1.54, 1.807) is 18.2 Å².